The van der Waals surface area contributed by atoms with Gasteiger partial charge in [-0.05, 0) is 66.9 Å². The van der Waals surface area contributed by atoms with Crippen LogP contribution < -0.4 is 0 Å². The van der Waals surface area contributed by atoms with Gasteiger partial charge in [0.25, 0.3) is 0 Å². The minimum atomic E-state index is 0.501. The standard InChI is InChI=1S/C23H24N4/c1-2-6-20-15-17(9-10-18(20)5-1)16-27-13-4-7-19(11-14-27)22-25-21-8-3-12-24-23(21)26-22/h1-3,5-6,8-10,12,15,19H,4,7,11,13-14,16H2,(H,24,25,26). The summed E-state index contributed by atoms with van der Waals surface area (Å²) in [4.78, 5) is 15.2. The van der Waals surface area contributed by atoms with E-state index in [1.165, 1.54) is 29.2 Å². The fourth-order valence-electron chi connectivity index (χ4n) is 4.24. The van der Waals surface area contributed by atoms with Crippen molar-refractivity contribution in [1.29, 1.82) is 0 Å². The second kappa shape index (κ2) is 7.12. The molecule has 1 aliphatic heterocycles. The molecule has 27 heavy (non-hydrogen) atoms. The van der Waals surface area contributed by atoms with Crippen molar-refractivity contribution in [1.82, 2.24) is 19.9 Å². The Hall–Kier alpha value is -2.72. The van der Waals surface area contributed by atoms with Crippen LogP contribution in [0.1, 0.15) is 36.6 Å². The van der Waals surface area contributed by atoms with Crippen molar-refractivity contribution in [2.75, 3.05) is 13.1 Å². The molecule has 1 aliphatic rings. The molecule has 1 unspecified atom stereocenters. The van der Waals surface area contributed by atoms with E-state index in [0.717, 1.165) is 43.0 Å². The number of fused-ring (bicyclic) bond motifs is 2. The van der Waals surface area contributed by atoms with Crippen LogP contribution in [0.5, 0.6) is 0 Å². The molecule has 4 aromatic rings. The van der Waals surface area contributed by atoms with Gasteiger partial charge in [0.2, 0.25) is 0 Å². The lowest BCUT2D eigenvalue weighted by atomic mass is 10.0. The van der Waals surface area contributed by atoms with E-state index in [1.807, 2.05) is 12.3 Å². The molecular weight excluding hydrogens is 332 g/mol. The maximum absolute atomic E-state index is 4.74. The minimum absolute atomic E-state index is 0.501. The molecule has 3 heterocycles. The van der Waals surface area contributed by atoms with E-state index in [0.29, 0.717) is 5.92 Å². The molecule has 1 saturated heterocycles. The highest BCUT2D eigenvalue weighted by molar-refractivity contribution is 5.82. The molecule has 2 aromatic heterocycles. The van der Waals surface area contributed by atoms with Gasteiger partial charge in [0.15, 0.2) is 5.65 Å². The van der Waals surface area contributed by atoms with Gasteiger partial charge >= 0.3 is 0 Å². The van der Waals surface area contributed by atoms with E-state index in [1.54, 1.807) is 0 Å². The van der Waals surface area contributed by atoms with Crippen molar-refractivity contribution in [3.05, 3.63) is 72.2 Å². The van der Waals surface area contributed by atoms with Crippen molar-refractivity contribution in [2.24, 2.45) is 0 Å². The van der Waals surface area contributed by atoms with Crippen molar-refractivity contribution in [3.8, 4) is 0 Å². The van der Waals surface area contributed by atoms with Crippen LogP contribution in [0.2, 0.25) is 0 Å². The molecule has 1 atom stereocenters. The van der Waals surface area contributed by atoms with Crippen LogP contribution in [-0.2, 0) is 6.54 Å². The summed E-state index contributed by atoms with van der Waals surface area (Å²) in [7, 11) is 0. The molecule has 4 heteroatoms. The predicted octanol–water partition coefficient (Wildman–Crippen LogP) is 4.88. The maximum Gasteiger partial charge on any atom is 0.177 e. The molecule has 1 N–H and O–H groups in total. The topological polar surface area (TPSA) is 44.8 Å². The summed E-state index contributed by atoms with van der Waals surface area (Å²) in [6, 6.07) is 19.5. The lowest BCUT2D eigenvalue weighted by Crippen LogP contribution is -2.24. The lowest BCUT2D eigenvalue weighted by molar-refractivity contribution is 0.275. The summed E-state index contributed by atoms with van der Waals surface area (Å²) in [5.41, 5.74) is 3.29. The Morgan fingerprint density at radius 3 is 2.81 bits per heavy atom. The third-order valence-electron chi connectivity index (χ3n) is 5.70. The summed E-state index contributed by atoms with van der Waals surface area (Å²) in [5.74, 6) is 1.61. The number of aromatic nitrogens is 3. The Morgan fingerprint density at radius 2 is 1.89 bits per heavy atom. The first-order chi connectivity index (χ1) is 13.3. The van der Waals surface area contributed by atoms with Crippen LogP contribution in [-0.4, -0.2) is 32.9 Å². The number of likely N-dealkylation sites (tertiary alicyclic amines) is 1. The predicted molar refractivity (Wildman–Crippen MR) is 110 cm³/mol. The molecule has 136 valence electrons. The van der Waals surface area contributed by atoms with Crippen LogP contribution in [0.25, 0.3) is 21.9 Å². The Bertz CT molecular complexity index is 1040. The zero-order chi connectivity index (χ0) is 18.1. The third kappa shape index (κ3) is 3.45. The first kappa shape index (κ1) is 16.5. The van der Waals surface area contributed by atoms with Gasteiger partial charge < -0.3 is 4.98 Å². The number of imidazole rings is 1. The number of hydrogen-bond donors (Lipinski definition) is 1. The van der Waals surface area contributed by atoms with Gasteiger partial charge in [-0.3, -0.25) is 4.90 Å². The van der Waals surface area contributed by atoms with Gasteiger partial charge in [0, 0.05) is 18.7 Å². The lowest BCUT2D eigenvalue weighted by Gasteiger charge is -2.20. The normalized spacial score (nSPS) is 18.7. The van der Waals surface area contributed by atoms with Crippen molar-refractivity contribution in [3.63, 3.8) is 0 Å². The van der Waals surface area contributed by atoms with E-state index in [2.05, 4.69) is 63.4 Å². The number of aromatic amines is 1. The quantitative estimate of drug-likeness (QED) is 0.569. The molecule has 0 saturated carbocycles. The Kier molecular flexibility index (Phi) is 4.34. The van der Waals surface area contributed by atoms with Gasteiger partial charge in [0.1, 0.15) is 5.82 Å². The molecule has 0 radical (unpaired) electrons. The first-order valence-electron chi connectivity index (χ1n) is 9.86. The van der Waals surface area contributed by atoms with Crippen LogP contribution in [0.4, 0.5) is 0 Å². The number of nitrogens with one attached hydrogen (secondary N) is 1. The highest BCUT2D eigenvalue weighted by Gasteiger charge is 2.21. The fourth-order valence-corrected chi connectivity index (χ4v) is 4.24. The summed E-state index contributed by atoms with van der Waals surface area (Å²) in [6.45, 7) is 3.29. The minimum Gasteiger partial charge on any atom is -0.340 e. The molecular formula is C23H24N4. The van der Waals surface area contributed by atoms with Crippen LogP contribution in [0.15, 0.2) is 60.8 Å². The molecule has 0 aliphatic carbocycles. The van der Waals surface area contributed by atoms with E-state index < -0.39 is 0 Å². The largest absolute Gasteiger partial charge is 0.340 e. The zero-order valence-corrected chi connectivity index (χ0v) is 15.4. The van der Waals surface area contributed by atoms with Gasteiger partial charge in [-0.25, -0.2) is 9.97 Å². The number of benzene rings is 2. The average molecular weight is 356 g/mol. The van der Waals surface area contributed by atoms with E-state index >= 15 is 0 Å². The smallest absolute Gasteiger partial charge is 0.177 e. The molecule has 0 bridgehead atoms. The average Bonchev–Trinajstić information content (AvgIpc) is 3.01. The number of hydrogen-bond acceptors (Lipinski definition) is 3. The van der Waals surface area contributed by atoms with Crippen LogP contribution in [0.3, 0.4) is 0 Å². The molecule has 1 fully saturated rings. The van der Waals surface area contributed by atoms with Crippen LogP contribution >= 0.6 is 0 Å². The molecule has 0 amide bonds. The monoisotopic (exact) mass is 356 g/mol. The number of pyridine rings is 1. The number of H-pyrrole nitrogens is 1. The van der Waals surface area contributed by atoms with Gasteiger partial charge in [-0.15, -0.1) is 0 Å². The second-order valence-electron chi connectivity index (χ2n) is 7.58. The fraction of sp³-hybridized carbons (Fsp3) is 0.304. The summed E-state index contributed by atoms with van der Waals surface area (Å²) >= 11 is 0. The highest BCUT2D eigenvalue weighted by atomic mass is 15.1. The van der Waals surface area contributed by atoms with E-state index in [9.17, 15) is 0 Å². The van der Waals surface area contributed by atoms with Gasteiger partial charge in [0.05, 0.1) is 5.52 Å². The third-order valence-corrected chi connectivity index (χ3v) is 5.70. The summed E-state index contributed by atoms with van der Waals surface area (Å²) in [5, 5.41) is 2.65. The SMILES string of the molecule is c1ccc2cc(CN3CCCC(c4nc5ncccc5[nH]4)CC3)ccc2c1. The van der Waals surface area contributed by atoms with Gasteiger partial charge in [-0.1, -0.05) is 36.4 Å². The van der Waals surface area contributed by atoms with E-state index in [4.69, 9.17) is 4.98 Å². The molecule has 5 rings (SSSR count). The zero-order valence-electron chi connectivity index (χ0n) is 15.4. The summed E-state index contributed by atoms with van der Waals surface area (Å²) < 4.78 is 0. The molecule has 2 aromatic carbocycles. The number of rotatable bonds is 3. The van der Waals surface area contributed by atoms with Crippen molar-refractivity contribution in [2.45, 2.75) is 31.7 Å². The Labute approximate surface area is 159 Å². The van der Waals surface area contributed by atoms with Gasteiger partial charge in [-0.2, -0.15) is 0 Å². The van der Waals surface area contributed by atoms with E-state index in [-0.39, 0.29) is 0 Å². The Morgan fingerprint density at radius 1 is 0.963 bits per heavy atom. The number of nitrogens with zero attached hydrogens (tertiary/aromatic N) is 3. The highest BCUT2D eigenvalue weighted by Crippen LogP contribution is 2.28. The second-order valence-corrected chi connectivity index (χ2v) is 7.58. The van der Waals surface area contributed by atoms with Crippen LogP contribution in [0, 0.1) is 0 Å². The summed E-state index contributed by atoms with van der Waals surface area (Å²) in [6.07, 6.45) is 5.36. The van der Waals surface area contributed by atoms with Crippen molar-refractivity contribution >= 4 is 21.9 Å². The molecule has 4 nitrogen and oxygen atoms in total. The Balaban J connectivity index is 1.29. The first-order valence-corrected chi connectivity index (χ1v) is 9.86. The maximum atomic E-state index is 4.74. The van der Waals surface area contributed by atoms with Crippen molar-refractivity contribution < 1.29 is 0 Å². The molecule has 0 spiro atoms.